The van der Waals surface area contributed by atoms with E-state index in [1.165, 1.54) is 17.8 Å². The predicted molar refractivity (Wildman–Crippen MR) is 141 cm³/mol. The summed E-state index contributed by atoms with van der Waals surface area (Å²) in [7, 11) is 0. The van der Waals surface area contributed by atoms with E-state index in [1.54, 1.807) is 17.0 Å². The maximum Gasteiger partial charge on any atom is 0.267 e. The Hall–Kier alpha value is -3.36. The lowest BCUT2D eigenvalue weighted by Gasteiger charge is -2.15. The summed E-state index contributed by atoms with van der Waals surface area (Å²) < 4.78 is 5.57. The normalized spacial score (nSPS) is 15.1. The molecule has 6 nitrogen and oxygen atoms in total. The van der Waals surface area contributed by atoms with E-state index in [0.29, 0.717) is 35.5 Å². The molecule has 0 saturated carbocycles. The second-order valence-corrected chi connectivity index (χ2v) is 8.94. The largest absolute Gasteiger partial charge is 1.00 e. The molecule has 0 spiro atoms. The van der Waals surface area contributed by atoms with Gasteiger partial charge in [-0.05, 0) is 53.6 Å². The van der Waals surface area contributed by atoms with Crippen LogP contribution in [0.15, 0.2) is 101 Å². The van der Waals surface area contributed by atoms with Crippen molar-refractivity contribution in [1.29, 1.82) is 0 Å². The number of amides is 2. The number of hydrogen-bond donors (Lipinski definition) is 1. The van der Waals surface area contributed by atoms with E-state index in [4.69, 9.17) is 9.73 Å². The number of aliphatic imine (C=N–C) groups is 1. The number of nitrogens with zero attached hydrogens (tertiary/aromatic N) is 2. The van der Waals surface area contributed by atoms with Crippen molar-refractivity contribution >= 4 is 34.4 Å². The van der Waals surface area contributed by atoms with Gasteiger partial charge >= 0.3 is 0 Å². The van der Waals surface area contributed by atoms with Crippen LogP contribution in [0.3, 0.4) is 0 Å². The van der Waals surface area contributed by atoms with Crippen molar-refractivity contribution in [3.05, 3.63) is 107 Å². The fraction of sp³-hybridized carbons (Fsp3) is 0.179. The number of ether oxygens (including phenoxy) is 1. The van der Waals surface area contributed by atoms with Crippen LogP contribution in [0.4, 0.5) is 5.69 Å². The van der Waals surface area contributed by atoms with E-state index in [1.807, 2.05) is 79.7 Å². The number of amidine groups is 1. The summed E-state index contributed by atoms with van der Waals surface area (Å²) in [4.78, 5) is 32.6. The minimum absolute atomic E-state index is 0. The van der Waals surface area contributed by atoms with Crippen molar-refractivity contribution in [3.8, 4) is 5.75 Å². The second-order valence-electron chi connectivity index (χ2n) is 7.93. The summed E-state index contributed by atoms with van der Waals surface area (Å²) in [5, 5.41) is 3.40. The number of thioether (sulfide) groups is 1. The SMILES string of the molecule is CCCOc1ccc(NC(=O)/C=C2/SC(=NCc3ccccc3)N(Cc3ccccc3)C2=O)cc1.[Br-]. The van der Waals surface area contributed by atoms with Gasteiger partial charge in [0.25, 0.3) is 5.91 Å². The van der Waals surface area contributed by atoms with Crippen LogP contribution < -0.4 is 27.0 Å². The van der Waals surface area contributed by atoms with Crippen molar-refractivity contribution in [3.63, 3.8) is 0 Å². The molecule has 36 heavy (non-hydrogen) atoms. The molecule has 0 bridgehead atoms. The van der Waals surface area contributed by atoms with E-state index >= 15 is 0 Å². The van der Waals surface area contributed by atoms with E-state index in [0.717, 1.165) is 23.3 Å². The van der Waals surface area contributed by atoms with Gasteiger partial charge in [0.05, 0.1) is 24.6 Å². The molecule has 1 saturated heterocycles. The highest BCUT2D eigenvalue weighted by atomic mass is 79.9. The van der Waals surface area contributed by atoms with Crippen LogP contribution in [-0.2, 0) is 22.7 Å². The van der Waals surface area contributed by atoms with Crippen molar-refractivity contribution in [2.24, 2.45) is 4.99 Å². The maximum absolute atomic E-state index is 13.2. The molecule has 1 aliphatic rings. The third kappa shape index (κ3) is 7.57. The zero-order chi connectivity index (χ0) is 24.5. The molecule has 1 N–H and O–H groups in total. The number of hydrogen-bond acceptors (Lipinski definition) is 5. The first kappa shape index (κ1) is 27.2. The van der Waals surface area contributed by atoms with Gasteiger partial charge in [0, 0.05) is 11.8 Å². The Labute approximate surface area is 226 Å². The summed E-state index contributed by atoms with van der Waals surface area (Å²) in [6, 6.07) is 26.8. The maximum atomic E-state index is 13.2. The highest BCUT2D eigenvalue weighted by Crippen LogP contribution is 2.32. The molecule has 1 fully saturated rings. The standard InChI is InChI=1S/C28H27N3O3S.BrH/c1-2-17-34-24-15-13-23(14-16-24)30-26(32)18-25-27(33)31(20-22-11-7-4-8-12-22)28(35-25)29-19-21-9-5-3-6-10-21;/h3-16,18H,2,17,19-20H2,1H3,(H,30,32);1H/p-1/b25-18+,29-28?;. The van der Waals surface area contributed by atoms with E-state index in [2.05, 4.69) is 5.32 Å². The highest BCUT2D eigenvalue weighted by molar-refractivity contribution is 8.18. The lowest BCUT2D eigenvalue weighted by molar-refractivity contribution is -0.123. The molecule has 1 aliphatic heterocycles. The number of rotatable bonds is 9. The molecule has 0 aliphatic carbocycles. The second kappa shape index (κ2) is 13.7. The first-order valence-electron chi connectivity index (χ1n) is 11.5. The summed E-state index contributed by atoms with van der Waals surface area (Å²) in [6.07, 6.45) is 2.27. The summed E-state index contributed by atoms with van der Waals surface area (Å²) in [5.41, 5.74) is 2.67. The Bertz CT molecular complexity index is 1220. The molecule has 0 radical (unpaired) electrons. The molecule has 3 aromatic rings. The van der Waals surface area contributed by atoms with Crippen molar-refractivity contribution in [2.45, 2.75) is 26.4 Å². The molecule has 0 aromatic heterocycles. The monoisotopic (exact) mass is 564 g/mol. The molecule has 1 heterocycles. The lowest BCUT2D eigenvalue weighted by Crippen LogP contribution is -3.00. The predicted octanol–water partition coefficient (Wildman–Crippen LogP) is 2.63. The van der Waals surface area contributed by atoms with Crippen molar-refractivity contribution in [2.75, 3.05) is 11.9 Å². The molecule has 0 atom stereocenters. The van der Waals surface area contributed by atoms with E-state index in [9.17, 15) is 9.59 Å². The van der Waals surface area contributed by atoms with Crippen LogP contribution in [0.25, 0.3) is 0 Å². The van der Waals surface area contributed by atoms with Gasteiger partial charge in [-0.2, -0.15) is 0 Å². The van der Waals surface area contributed by atoms with E-state index in [-0.39, 0.29) is 28.8 Å². The molecule has 8 heteroatoms. The van der Waals surface area contributed by atoms with E-state index < -0.39 is 0 Å². The fourth-order valence-electron chi connectivity index (χ4n) is 3.43. The zero-order valence-electron chi connectivity index (χ0n) is 19.9. The molecular formula is C28H27BrN3O3S-. The summed E-state index contributed by atoms with van der Waals surface area (Å²) in [6.45, 7) is 3.53. The van der Waals surface area contributed by atoms with Gasteiger partial charge in [0.1, 0.15) is 5.75 Å². The molecular weight excluding hydrogens is 538 g/mol. The number of nitrogens with one attached hydrogen (secondary N) is 1. The van der Waals surface area contributed by atoms with Gasteiger partial charge in [-0.25, -0.2) is 0 Å². The van der Waals surface area contributed by atoms with Crippen LogP contribution in [0.5, 0.6) is 5.75 Å². The Morgan fingerprint density at radius 3 is 2.25 bits per heavy atom. The Kier molecular flexibility index (Phi) is 10.3. The van der Waals surface area contributed by atoms with Crippen molar-refractivity contribution < 1.29 is 31.3 Å². The number of benzene rings is 3. The smallest absolute Gasteiger partial charge is 0.267 e. The average Bonchev–Trinajstić information content (AvgIpc) is 3.17. The van der Waals surface area contributed by atoms with Gasteiger partial charge < -0.3 is 27.0 Å². The molecule has 0 unspecified atom stereocenters. The van der Waals surface area contributed by atoms with Gasteiger partial charge in [-0.1, -0.05) is 67.6 Å². The zero-order valence-corrected chi connectivity index (χ0v) is 22.3. The minimum Gasteiger partial charge on any atom is -1.00 e. The number of carbonyl (C=O) groups is 2. The Morgan fingerprint density at radius 2 is 1.61 bits per heavy atom. The number of halogens is 1. The fourth-order valence-corrected chi connectivity index (χ4v) is 4.37. The first-order valence-corrected chi connectivity index (χ1v) is 12.3. The quantitative estimate of drug-likeness (QED) is 0.405. The molecule has 186 valence electrons. The molecule has 3 aromatic carbocycles. The molecule has 2 amide bonds. The summed E-state index contributed by atoms with van der Waals surface area (Å²) in [5.74, 6) is 0.150. The Morgan fingerprint density at radius 1 is 0.972 bits per heavy atom. The third-order valence-electron chi connectivity index (χ3n) is 5.17. The van der Waals surface area contributed by atoms with Crippen LogP contribution >= 0.6 is 11.8 Å². The number of anilines is 1. The van der Waals surface area contributed by atoms with Gasteiger partial charge in [0.2, 0.25) is 5.91 Å². The minimum atomic E-state index is -0.368. The van der Waals surface area contributed by atoms with Gasteiger partial charge in [0.15, 0.2) is 5.17 Å². The summed E-state index contributed by atoms with van der Waals surface area (Å²) >= 11 is 1.22. The first-order chi connectivity index (χ1) is 17.1. The van der Waals surface area contributed by atoms with Crippen LogP contribution in [0, 0.1) is 0 Å². The average molecular weight is 566 g/mol. The van der Waals surface area contributed by atoms with Crippen molar-refractivity contribution in [1.82, 2.24) is 4.90 Å². The third-order valence-corrected chi connectivity index (χ3v) is 6.21. The van der Waals surface area contributed by atoms with Crippen LogP contribution in [0.2, 0.25) is 0 Å². The Balaban J connectivity index is 0.00000361. The topological polar surface area (TPSA) is 71.0 Å². The molecule has 4 rings (SSSR count). The van der Waals surface area contributed by atoms with Crippen LogP contribution in [-0.4, -0.2) is 28.5 Å². The van der Waals surface area contributed by atoms with Gasteiger partial charge in [-0.15, -0.1) is 0 Å². The lowest BCUT2D eigenvalue weighted by atomic mass is 10.2. The van der Waals surface area contributed by atoms with Crippen LogP contribution in [0.1, 0.15) is 24.5 Å². The van der Waals surface area contributed by atoms with Gasteiger partial charge in [-0.3, -0.25) is 19.5 Å². The number of carbonyl (C=O) groups excluding carboxylic acids is 2. The highest BCUT2D eigenvalue weighted by Gasteiger charge is 2.33.